The molecule has 0 aromatic heterocycles. The van der Waals surface area contributed by atoms with Gasteiger partial charge in [0.2, 0.25) is 5.82 Å². The highest BCUT2D eigenvalue weighted by atomic mass is 19.2. The lowest BCUT2D eigenvalue weighted by atomic mass is 9.77. The Bertz CT molecular complexity index is 528. The summed E-state index contributed by atoms with van der Waals surface area (Å²) in [7, 11) is 0. The van der Waals surface area contributed by atoms with Crippen LogP contribution in [0.5, 0.6) is 5.75 Å². The molecule has 1 saturated carbocycles. The van der Waals surface area contributed by atoms with E-state index in [0.29, 0.717) is 11.5 Å². The molecule has 0 unspecified atom stereocenters. The van der Waals surface area contributed by atoms with Gasteiger partial charge in [-0.25, -0.2) is 4.39 Å². The molecule has 1 aliphatic carbocycles. The number of hydrogen-bond donors (Lipinski definition) is 0. The second-order valence-corrected chi connectivity index (χ2v) is 5.95. The average molecular weight is 306 g/mol. The van der Waals surface area contributed by atoms with Crippen LogP contribution in [0.1, 0.15) is 56.9 Å². The summed E-state index contributed by atoms with van der Waals surface area (Å²) in [4.78, 5) is 0. The normalized spacial score (nSPS) is 22.0. The molecule has 1 aromatic rings. The molecule has 3 heteroatoms. The summed E-state index contributed by atoms with van der Waals surface area (Å²) < 4.78 is 33.4. The van der Waals surface area contributed by atoms with Gasteiger partial charge in [0.05, 0.1) is 6.26 Å². The fourth-order valence-corrected chi connectivity index (χ4v) is 3.21. The Morgan fingerprint density at radius 3 is 2.55 bits per heavy atom. The first-order chi connectivity index (χ1) is 10.7. The smallest absolute Gasteiger partial charge is 0.201 e. The van der Waals surface area contributed by atoms with Crippen LogP contribution in [0.25, 0.3) is 0 Å². The molecule has 2 rings (SSSR count). The van der Waals surface area contributed by atoms with Crippen LogP contribution >= 0.6 is 0 Å². The van der Waals surface area contributed by atoms with Crippen molar-refractivity contribution in [3.05, 3.63) is 54.3 Å². The number of rotatable bonds is 6. The van der Waals surface area contributed by atoms with Crippen LogP contribution in [0.3, 0.4) is 0 Å². The molecule has 22 heavy (non-hydrogen) atoms. The van der Waals surface area contributed by atoms with Gasteiger partial charge in [-0.05, 0) is 68.9 Å². The Morgan fingerprint density at radius 2 is 1.91 bits per heavy atom. The van der Waals surface area contributed by atoms with Crippen LogP contribution in [0.4, 0.5) is 8.78 Å². The Kier molecular flexibility index (Phi) is 6.17. The average Bonchev–Trinajstić information content (AvgIpc) is 2.55. The molecule has 0 radical (unpaired) electrons. The van der Waals surface area contributed by atoms with E-state index in [9.17, 15) is 8.78 Å². The molecule has 0 heterocycles. The van der Waals surface area contributed by atoms with Crippen molar-refractivity contribution < 1.29 is 13.5 Å². The summed E-state index contributed by atoms with van der Waals surface area (Å²) in [5, 5.41) is 0. The van der Waals surface area contributed by atoms with Gasteiger partial charge in [-0.1, -0.05) is 18.2 Å². The Balaban J connectivity index is 2.04. The highest BCUT2D eigenvalue weighted by Crippen LogP contribution is 2.39. The largest absolute Gasteiger partial charge is 0.462 e. The van der Waals surface area contributed by atoms with Gasteiger partial charge in [0.1, 0.15) is 0 Å². The second kappa shape index (κ2) is 8.11. The molecule has 1 aliphatic rings. The SMILES string of the molecule is C=CCCC1CCC(c2ccc(OC=CC)c(F)c2F)CC1. The molecular weight excluding hydrogens is 282 g/mol. The first kappa shape index (κ1) is 16.7. The third-order valence-corrected chi connectivity index (χ3v) is 4.47. The van der Waals surface area contributed by atoms with E-state index in [4.69, 9.17) is 4.74 Å². The highest BCUT2D eigenvalue weighted by Gasteiger charge is 2.26. The monoisotopic (exact) mass is 306 g/mol. The quantitative estimate of drug-likeness (QED) is 0.454. The fraction of sp³-hybridized carbons (Fsp3) is 0.474. The van der Waals surface area contributed by atoms with Gasteiger partial charge in [0, 0.05) is 0 Å². The molecule has 1 fully saturated rings. The zero-order chi connectivity index (χ0) is 15.9. The molecule has 0 N–H and O–H groups in total. The molecule has 0 saturated heterocycles. The van der Waals surface area contributed by atoms with Crippen LogP contribution in [0.2, 0.25) is 0 Å². The van der Waals surface area contributed by atoms with Gasteiger partial charge < -0.3 is 4.74 Å². The third-order valence-electron chi connectivity index (χ3n) is 4.47. The number of halogens is 2. The van der Waals surface area contributed by atoms with Crippen molar-refractivity contribution >= 4 is 0 Å². The molecule has 1 nitrogen and oxygen atoms in total. The van der Waals surface area contributed by atoms with Crippen LogP contribution in [0, 0.1) is 17.6 Å². The third kappa shape index (κ3) is 3.96. The Morgan fingerprint density at radius 1 is 1.18 bits per heavy atom. The maximum Gasteiger partial charge on any atom is 0.201 e. The topological polar surface area (TPSA) is 9.23 Å². The number of ether oxygens (including phenoxy) is 1. The molecule has 1 aromatic carbocycles. The van der Waals surface area contributed by atoms with E-state index in [1.807, 2.05) is 6.08 Å². The van der Waals surface area contributed by atoms with Crippen molar-refractivity contribution in [2.45, 2.75) is 51.4 Å². The van der Waals surface area contributed by atoms with Crippen molar-refractivity contribution in [3.63, 3.8) is 0 Å². The number of hydrogen-bond acceptors (Lipinski definition) is 1. The summed E-state index contributed by atoms with van der Waals surface area (Å²) in [5.41, 5.74) is 0.493. The Labute approximate surface area is 131 Å². The minimum atomic E-state index is -0.885. The second-order valence-electron chi connectivity index (χ2n) is 5.95. The van der Waals surface area contributed by atoms with Gasteiger partial charge in [-0.2, -0.15) is 4.39 Å². The van der Waals surface area contributed by atoms with Gasteiger partial charge in [-0.3, -0.25) is 0 Å². The van der Waals surface area contributed by atoms with E-state index < -0.39 is 11.6 Å². The molecule has 0 amide bonds. The van der Waals surface area contributed by atoms with E-state index in [1.165, 1.54) is 12.3 Å². The molecule has 0 aliphatic heterocycles. The molecule has 0 spiro atoms. The van der Waals surface area contributed by atoms with Gasteiger partial charge in [0.15, 0.2) is 11.6 Å². The zero-order valence-electron chi connectivity index (χ0n) is 13.2. The van der Waals surface area contributed by atoms with Crippen molar-refractivity contribution in [1.82, 2.24) is 0 Å². The predicted octanol–water partition coefficient (Wildman–Crippen LogP) is 6.12. The summed E-state index contributed by atoms with van der Waals surface area (Å²) in [5.74, 6) is -0.885. The minimum Gasteiger partial charge on any atom is -0.462 e. The van der Waals surface area contributed by atoms with Crippen LogP contribution in [-0.4, -0.2) is 0 Å². The standard InChI is InChI=1S/C19H24F2O/c1-3-5-6-14-7-9-15(10-8-14)16-11-12-17(22-13-4-2)19(21)18(16)20/h3-4,11-15H,1,5-10H2,2H3. The van der Waals surface area contributed by atoms with E-state index in [1.54, 1.807) is 19.1 Å². The summed E-state index contributed by atoms with van der Waals surface area (Å²) >= 11 is 0. The van der Waals surface area contributed by atoms with Crippen molar-refractivity contribution in [1.29, 1.82) is 0 Å². The zero-order valence-corrected chi connectivity index (χ0v) is 13.2. The summed E-state index contributed by atoms with van der Waals surface area (Å²) in [6, 6.07) is 3.20. The number of allylic oxidation sites excluding steroid dienone is 2. The van der Waals surface area contributed by atoms with E-state index >= 15 is 0 Å². The van der Waals surface area contributed by atoms with Crippen LogP contribution < -0.4 is 4.74 Å². The first-order valence-corrected chi connectivity index (χ1v) is 8.04. The molecule has 120 valence electrons. The highest BCUT2D eigenvalue weighted by molar-refractivity contribution is 5.33. The maximum absolute atomic E-state index is 14.3. The van der Waals surface area contributed by atoms with Crippen LogP contribution in [0.15, 0.2) is 37.1 Å². The van der Waals surface area contributed by atoms with Gasteiger partial charge >= 0.3 is 0 Å². The summed E-state index contributed by atoms with van der Waals surface area (Å²) in [6.07, 6.45) is 11.1. The van der Waals surface area contributed by atoms with Gasteiger partial charge in [-0.15, -0.1) is 6.58 Å². The van der Waals surface area contributed by atoms with Crippen molar-refractivity contribution in [2.75, 3.05) is 0 Å². The minimum absolute atomic E-state index is 0.0565. The Hall–Kier alpha value is -1.64. The first-order valence-electron chi connectivity index (χ1n) is 8.04. The van der Waals surface area contributed by atoms with E-state index in [-0.39, 0.29) is 11.7 Å². The van der Waals surface area contributed by atoms with Gasteiger partial charge in [0.25, 0.3) is 0 Å². The van der Waals surface area contributed by atoms with Crippen molar-refractivity contribution in [2.24, 2.45) is 5.92 Å². The lowest BCUT2D eigenvalue weighted by Gasteiger charge is -2.29. The predicted molar refractivity (Wildman–Crippen MR) is 85.9 cm³/mol. The molecular formula is C19H24F2O. The lowest BCUT2D eigenvalue weighted by Crippen LogP contribution is -2.15. The maximum atomic E-state index is 14.3. The van der Waals surface area contributed by atoms with E-state index in [2.05, 4.69) is 6.58 Å². The lowest BCUT2D eigenvalue weighted by molar-refractivity contribution is 0.305. The summed E-state index contributed by atoms with van der Waals surface area (Å²) in [6.45, 7) is 5.51. The number of benzene rings is 1. The molecule has 0 bridgehead atoms. The van der Waals surface area contributed by atoms with Crippen molar-refractivity contribution in [3.8, 4) is 5.75 Å². The molecule has 0 atom stereocenters. The van der Waals surface area contributed by atoms with E-state index in [0.717, 1.165) is 38.5 Å². The fourth-order valence-electron chi connectivity index (χ4n) is 3.21. The van der Waals surface area contributed by atoms with Crippen LogP contribution in [-0.2, 0) is 0 Å².